The van der Waals surface area contributed by atoms with Gasteiger partial charge in [0.25, 0.3) is 11.1 Å². The molecule has 7 N–H and O–H groups in total. The minimum Gasteiger partial charge on any atom is -0.480 e. The van der Waals surface area contributed by atoms with Gasteiger partial charge in [0.1, 0.15) is 18.1 Å². The lowest BCUT2D eigenvalue weighted by Gasteiger charge is -2.28. The van der Waals surface area contributed by atoms with E-state index in [9.17, 15) is 43.8 Å². The molecule has 4 atom stereocenters. The monoisotopic (exact) mass is 557 g/mol. The number of hydrogen-bond donors (Lipinski definition) is 6. The number of para-hydroxylation sites is 1. The first kappa shape index (κ1) is 28.2. The number of nitrogens with one attached hydrogen (secondary N) is 3. The average molecular weight is 558 g/mol. The number of carboxylic acids is 1. The van der Waals surface area contributed by atoms with Gasteiger partial charge in [-0.25, -0.2) is 14.4 Å². The number of carbonyl (C=O) groups is 3. The third-order valence-electron chi connectivity index (χ3n) is 6.64. The minimum absolute atomic E-state index is 0.129. The standard InChI is InChI=1S/C24H27N7O9/c1-11-7-29(23(39)28-18(11)33)9-14(25)19(34)26-16(21(36)30-8-12(32)6-17(30)22(37)38)10-31-20(35)13-4-2-3-5-15(13)27-24(31)40/h2-5,7,12,14,16-17,32H,6,8-10,25H2,1H3,(H,26,34)(H,27,40)(H,37,38)(H,28,33,39)/t12-,14-,16-,17+/m1/s1. The van der Waals surface area contributed by atoms with E-state index in [1.54, 1.807) is 12.1 Å². The van der Waals surface area contributed by atoms with Crippen LogP contribution in [-0.4, -0.2) is 82.8 Å². The van der Waals surface area contributed by atoms with Gasteiger partial charge < -0.3 is 31.1 Å². The molecule has 16 nitrogen and oxygen atoms in total. The molecule has 1 aromatic carbocycles. The van der Waals surface area contributed by atoms with E-state index in [0.29, 0.717) is 4.57 Å². The summed E-state index contributed by atoms with van der Waals surface area (Å²) in [6.45, 7) is -0.00664. The van der Waals surface area contributed by atoms with E-state index >= 15 is 0 Å². The van der Waals surface area contributed by atoms with Crippen molar-refractivity contribution >= 4 is 28.7 Å². The highest BCUT2D eigenvalue weighted by Gasteiger charge is 2.42. The van der Waals surface area contributed by atoms with Gasteiger partial charge in [-0.15, -0.1) is 0 Å². The molecule has 0 saturated carbocycles. The number of benzene rings is 1. The molecule has 1 fully saturated rings. The van der Waals surface area contributed by atoms with Crippen LogP contribution >= 0.6 is 0 Å². The van der Waals surface area contributed by atoms with Crippen molar-refractivity contribution in [2.45, 2.75) is 50.7 Å². The summed E-state index contributed by atoms with van der Waals surface area (Å²) in [5.41, 5.74) is 3.32. The summed E-state index contributed by atoms with van der Waals surface area (Å²) in [5, 5.41) is 22.0. The Hall–Kier alpha value is -4.83. The summed E-state index contributed by atoms with van der Waals surface area (Å²) in [4.78, 5) is 93.3. The highest BCUT2D eigenvalue weighted by molar-refractivity contribution is 5.92. The number of nitrogens with zero attached hydrogens (tertiary/aromatic N) is 3. The zero-order valence-electron chi connectivity index (χ0n) is 21.2. The first-order chi connectivity index (χ1) is 18.9. The number of carbonyl (C=O) groups excluding carboxylic acids is 2. The molecule has 2 amide bonds. The molecule has 0 spiro atoms. The van der Waals surface area contributed by atoms with E-state index in [4.69, 9.17) is 5.73 Å². The Kier molecular flexibility index (Phi) is 7.83. The van der Waals surface area contributed by atoms with Crippen LogP contribution in [0.25, 0.3) is 10.9 Å². The number of aliphatic hydroxyl groups excluding tert-OH is 1. The Bertz CT molecular complexity index is 1720. The predicted molar refractivity (Wildman–Crippen MR) is 139 cm³/mol. The molecule has 16 heteroatoms. The van der Waals surface area contributed by atoms with Gasteiger partial charge in [-0.1, -0.05) is 12.1 Å². The van der Waals surface area contributed by atoms with Crippen molar-refractivity contribution in [3.8, 4) is 0 Å². The second-order valence-corrected chi connectivity index (χ2v) is 9.52. The van der Waals surface area contributed by atoms with E-state index in [1.807, 2.05) is 0 Å². The normalized spacial score (nSPS) is 18.4. The second kappa shape index (κ2) is 11.1. The topological polar surface area (TPSA) is 243 Å². The smallest absolute Gasteiger partial charge is 0.328 e. The van der Waals surface area contributed by atoms with E-state index in [1.165, 1.54) is 25.3 Å². The van der Waals surface area contributed by atoms with E-state index < -0.39 is 77.6 Å². The Morgan fingerprint density at radius 2 is 1.80 bits per heavy atom. The second-order valence-electron chi connectivity index (χ2n) is 9.52. The van der Waals surface area contributed by atoms with E-state index in [2.05, 4.69) is 15.3 Å². The maximum Gasteiger partial charge on any atom is 0.328 e. The van der Waals surface area contributed by atoms with Gasteiger partial charge in [0.15, 0.2) is 0 Å². The lowest BCUT2D eigenvalue weighted by atomic mass is 10.1. The van der Waals surface area contributed by atoms with Crippen LogP contribution in [0.2, 0.25) is 0 Å². The molecule has 1 aliphatic heterocycles. The van der Waals surface area contributed by atoms with E-state index in [-0.39, 0.29) is 29.4 Å². The van der Waals surface area contributed by atoms with Crippen molar-refractivity contribution in [3.05, 3.63) is 77.7 Å². The van der Waals surface area contributed by atoms with Crippen molar-refractivity contribution in [2.75, 3.05) is 6.54 Å². The summed E-state index contributed by atoms with van der Waals surface area (Å²) in [6, 6.07) is 1.63. The van der Waals surface area contributed by atoms with Gasteiger partial charge >= 0.3 is 17.3 Å². The van der Waals surface area contributed by atoms with Crippen LogP contribution in [0.3, 0.4) is 0 Å². The zero-order chi connectivity index (χ0) is 29.3. The van der Waals surface area contributed by atoms with Crippen molar-refractivity contribution in [1.82, 2.24) is 29.3 Å². The number of H-pyrrole nitrogens is 2. The maximum atomic E-state index is 13.5. The number of carboxylic acid groups (broad SMARTS) is 1. The molecule has 0 aliphatic carbocycles. The van der Waals surface area contributed by atoms with Crippen LogP contribution in [0.4, 0.5) is 0 Å². The molecular formula is C24H27N7O9. The number of aliphatic carboxylic acids is 1. The Morgan fingerprint density at radius 3 is 2.50 bits per heavy atom. The first-order valence-corrected chi connectivity index (χ1v) is 12.2. The molecule has 40 heavy (non-hydrogen) atoms. The summed E-state index contributed by atoms with van der Waals surface area (Å²) >= 11 is 0. The van der Waals surface area contributed by atoms with Gasteiger partial charge in [0.2, 0.25) is 11.8 Å². The number of amides is 2. The number of aromatic amines is 2. The number of fused-ring (bicyclic) bond motifs is 1. The lowest BCUT2D eigenvalue weighted by Crippen LogP contribution is -2.58. The fourth-order valence-corrected chi connectivity index (χ4v) is 4.55. The largest absolute Gasteiger partial charge is 0.480 e. The molecule has 0 radical (unpaired) electrons. The highest BCUT2D eigenvalue weighted by Crippen LogP contribution is 2.19. The van der Waals surface area contributed by atoms with Crippen LogP contribution in [0.15, 0.2) is 49.6 Å². The summed E-state index contributed by atoms with van der Waals surface area (Å²) in [6.07, 6.45) is -0.203. The molecule has 1 saturated heterocycles. The molecule has 3 aromatic rings. The summed E-state index contributed by atoms with van der Waals surface area (Å²) in [5.74, 6) is -3.33. The molecular weight excluding hydrogens is 530 g/mol. The van der Waals surface area contributed by atoms with Crippen LogP contribution in [0.1, 0.15) is 12.0 Å². The first-order valence-electron chi connectivity index (χ1n) is 12.2. The minimum atomic E-state index is -1.65. The summed E-state index contributed by atoms with van der Waals surface area (Å²) in [7, 11) is 0. The van der Waals surface area contributed by atoms with Gasteiger partial charge in [-0.05, 0) is 19.1 Å². The number of nitrogens with two attached hydrogens (primary N) is 1. The van der Waals surface area contributed by atoms with Crippen LogP contribution in [0.5, 0.6) is 0 Å². The fraction of sp³-hybridized carbons (Fsp3) is 0.375. The number of aliphatic hydroxyl groups is 1. The third kappa shape index (κ3) is 5.62. The van der Waals surface area contributed by atoms with Crippen molar-refractivity contribution < 1.29 is 24.6 Å². The quantitative estimate of drug-likeness (QED) is 0.159. The fourth-order valence-electron chi connectivity index (χ4n) is 4.55. The Balaban J connectivity index is 1.67. The number of aryl methyl sites for hydroxylation is 1. The third-order valence-corrected chi connectivity index (χ3v) is 6.64. The molecule has 0 bridgehead atoms. The number of likely N-dealkylation sites (tertiary alicyclic amines) is 1. The molecule has 4 rings (SSSR count). The highest BCUT2D eigenvalue weighted by atomic mass is 16.4. The van der Waals surface area contributed by atoms with Crippen molar-refractivity contribution in [3.63, 3.8) is 0 Å². The number of rotatable bonds is 8. The van der Waals surface area contributed by atoms with Gasteiger partial charge in [-0.3, -0.25) is 33.3 Å². The van der Waals surface area contributed by atoms with Crippen molar-refractivity contribution in [2.24, 2.45) is 5.73 Å². The van der Waals surface area contributed by atoms with Crippen LogP contribution in [-0.2, 0) is 27.5 Å². The van der Waals surface area contributed by atoms with Gasteiger partial charge in [0, 0.05) is 24.7 Å². The van der Waals surface area contributed by atoms with Crippen LogP contribution in [0, 0.1) is 6.92 Å². The predicted octanol–water partition coefficient (Wildman–Crippen LogP) is -3.59. The molecule has 3 heterocycles. The van der Waals surface area contributed by atoms with Gasteiger partial charge in [0.05, 0.1) is 30.1 Å². The SMILES string of the molecule is Cc1cn(C[C@@H](N)C(=O)N[C@H](Cn2c(=O)[nH]c3ccccc3c2=O)C(=O)N2C[C@H](O)C[C@H]2C(=O)O)c(=O)[nH]c1=O. The lowest BCUT2D eigenvalue weighted by molar-refractivity contribution is -0.149. The van der Waals surface area contributed by atoms with Crippen LogP contribution < -0.4 is 33.5 Å². The number of hydrogen-bond acceptors (Lipinski definition) is 9. The van der Waals surface area contributed by atoms with Crippen molar-refractivity contribution in [1.29, 1.82) is 0 Å². The number of aromatic nitrogens is 4. The zero-order valence-corrected chi connectivity index (χ0v) is 21.2. The average Bonchev–Trinajstić information content (AvgIpc) is 3.30. The molecule has 2 aromatic heterocycles. The Labute approximate surface area is 223 Å². The van der Waals surface area contributed by atoms with Gasteiger partial charge in [-0.2, -0.15) is 0 Å². The molecule has 212 valence electrons. The molecule has 1 aliphatic rings. The molecule has 0 unspecified atom stereocenters. The number of β-amino-alcohol motifs (C(OH)–C–C–N with tert-alkyl or cyclic N) is 1. The summed E-state index contributed by atoms with van der Waals surface area (Å²) < 4.78 is 1.68. The van der Waals surface area contributed by atoms with E-state index in [0.717, 1.165) is 9.47 Å². The maximum absolute atomic E-state index is 13.5. The Morgan fingerprint density at radius 1 is 1.10 bits per heavy atom.